The summed E-state index contributed by atoms with van der Waals surface area (Å²) in [6.07, 6.45) is -7.90. The quantitative estimate of drug-likeness (QED) is 0.187. The molecule has 6 heterocycles. The lowest BCUT2D eigenvalue weighted by atomic mass is 9.85. The van der Waals surface area contributed by atoms with Gasteiger partial charge in [-0.1, -0.05) is 6.07 Å². The van der Waals surface area contributed by atoms with Gasteiger partial charge in [0.2, 0.25) is 0 Å². The van der Waals surface area contributed by atoms with Crippen LogP contribution in [0, 0.1) is 0 Å². The van der Waals surface area contributed by atoms with Crippen LogP contribution >= 0.6 is 0 Å². The molecule has 45 heavy (non-hydrogen) atoms. The van der Waals surface area contributed by atoms with Gasteiger partial charge < -0.3 is 21.5 Å². The minimum Gasteiger partial charge on any atom is -0.383 e. The van der Waals surface area contributed by atoms with Gasteiger partial charge in [-0.05, 0) is 38.7 Å². The number of hydrogen-bond donors (Lipinski definition) is 4. The smallest absolute Gasteiger partial charge is 0.383 e. The third-order valence-electron chi connectivity index (χ3n) is 8.51. The molecule has 2 saturated heterocycles. The number of Topliss-reactive ketones (excluding diaryl/α,β-unsaturated/α-hetero) is 1. The van der Waals surface area contributed by atoms with Crippen LogP contribution in [0.25, 0.3) is 16.8 Å². The summed E-state index contributed by atoms with van der Waals surface area (Å²) in [5, 5.41) is 20.3. The maximum absolute atomic E-state index is 13.3. The molecule has 1 amide bonds. The summed E-state index contributed by atoms with van der Waals surface area (Å²) in [7, 11) is 0. The predicted octanol–water partition coefficient (Wildman–Crippen LogP) is 3.74. The number of nitrogens with one attached hydrogen (secondary N) is 1. The number of aromatic nitrogens is 6. The van der Waals surface area contributed by atoms with E-state index < -0.39 is 29.4 Å². The van der Waals surface area contributed by atoms with Crippen molar-refractivity contribution in [3.05, 3.63) is 53.2 Å². The first-order valence-electron chi connectivity index (χ1n) is 13.7. The van der Waals surface area contributed by atoms with E-state index in [1.807, 2.05) is 0 Å². The van der Waals surface area contributed by atoms with Crippen molar-refractivity contribution in [2.45, 2.75) is 68.6 Å². The lowest BCUT2D eigenvalue weighted by Gasteiger charge is -2.39. The third-order valence-corrected chi connectivity index (χ3v) is 8.51. The zero-order valence-corrected chi connectivity index (χ0v) is 23.3. The molecule has 0 aromatic carbocycles. The second-order valence-electron chi connectivity index (χ2n) is 11.2. The number of hydrogen-bond acceptors (Lipinski definition) is 9. The Hall–Kier alpha value is -4.74. The van der Waals surface area contributed by atoms with E-state index in [0.717, 1.165) is 16.8 Å². The number of aromatic amines is 1. The molecule has 2 fully saturated rings. The SMILES string of the molecule is CC(=O)c1c(C2C[C@H]3CC[C@H](C2)N3C(=O)c2cc(N)n[nH]2)nc2c(-c3ccc(C(O)(C(F)(F)F)C(F)(F)F)nc3)cnn2c1N. The third kappa shape index (κ3) is 4.65. The molecule has 4 aromatic heterocycles. The fraction of sp³-hybridized carbons (Fsp3) is 0.407. The van der Waals surface area contributed by atoms with E-state index in [0.29, 0.717) is 37.4 Å². The number of aliphatic hydroxyl groups is 1. The molecular weight excluding hydrogens is 612 g/mol. The number of carbonyl (C=O) groups is 2. The first kappa shape index (κ1) is 30.3. The number of piperidine rings is 1. The van der Waals surface area contributed by atoms with Gasteiger partial charge in [-0.2, -0.15) is 41.1 Å². The summed E-state index contributed by atoms with van der Waals surface area (Å²) < 4.78 is 81.2. The predicted molar refractivity (Wildman–Crippen MR) is 145 cm³/mol. The Bertz CT molecular complexity index is 1790. The number of pyridine rings is 1. The van der Waals surface area contributed by atoms with Crippen LogP contribution in [-0.2, 0) is 5.60 Å². The van der Waals surface area contributed by atoms with Crippen LogP contribution in [0.1, 0.15) is 70.8 Å². The van der Waals surface area contributed by atoms with Crippen LogP contribution in [0.4, 0.5) is 38.0 Å². The molecule has 0 radical (unpaired) electrons. The Morgan fingerprint density at radius 2 is 1.67 bits per heavy atom. The van der Waals surface area contributed by atoms with E-state index in [4.69, 9.17) is 16.5 Å². The summed E-state index contributed by atoms with van der Waals surface area (Å²) in [5.41, 5.74) is 6.20. The van der Waals surface area contributed by atoms with Gasteiger partial charge in [0.15, 0.2) is 11.4 Å². The molecular formula is C27H25F6N9O3. The van der Waals surface area contributed by atoms with Crippen LogP contribution in [0.15, 0.2) is 30.6 Å². The van der Waals surface area contributed by atoms with Crippen molar-refractivity contribution in [3.8, 4) is 11.1 Å². The lowest BCUT2D eigenvalue weighted by Crippen LogP contribution is -2.54. The van der Waals surface area contributed by atoms with Gasteiger partial charge >= 0.3 is 12.4 Å². The van der Waals surface area contributed by atoms with Gasteiger partial charge in [0.25, 0.3) is 11.5 Å². The molecule has 2 aliphatic heterocycles. The number of H-pyrrole nitrogens is 1. The van der Waals surface area contributed by atoms with Crippen molar-refractivity contribution < 1.29 is 41.0 Å². The Morgan fingerprint density at radius 3 is 2.18 bits per heavy atom. The summed E-state index contributed by atoms with van der Waals surface area (Å²) in [5.74, 6) is -0.839. The number of nitrogens with two attached hydrogens (primary N) is 2. The molecule has 6 rings (SSSR count). The zero-order chi connectivity index (χ0) is 32.6. The molecule has 238 valence electrons. The molecule has 18 heteroatoms. The standard InChI is InChI=1S/C27H25F6N9O3/c1-11(43)20-21(13-6-14-3-4-15(7-13)41(14)24(44)17-8-19(34)40-39-17)38-23-16(10-37-42(23)22(20)35)12-2-5-18(36-9-12)25(45,26(28,29)30)27(31,32)33/h2,5,8-10,13-15,45H,3-4,6-7,35H2,1H3,(H3,34,39,40)/t14-,15-/m1/s1. The van der Waals surface area contributed by atoms with E-state index in [1.165, 1.54) is 19.2 Å². The Morgan fingerprint density at radius 1 is 1.02 bits per heavy atom. The van der Waals surface area contributed by atoms with Crippen molar-refractivity contribution in [1.82, 2.24) is 34.7 Å². The summed E-state index contributed by atoms with van der Waals surface area (Å²) >= 11 is 0. The van der Waals surface area contributed by atoms with E-state index >= 15 is 0 Å². The maximum Gasteiger partial charge on any atom is 0.432 e. The molecule has 4 aromatic rings. The van der Waals surface area contributed by atoms with E-state index in [-0.39, 0.29) is 63.6 Å². The fourth-order valence-electron chi connectivity index (χ4n) is 6.43. The molecule has 6 N–H and O–H groups in total. The number of nitrogen functional groups attached to an aromatic ring is 2. The summed E-state index contributed by atoms with van der Waals surface area (Å²) in [6.45, 7) is 1.31. The highest BCUT2D eigenvalue weighted by Gasteiger charge is 2.72. The fourth-order valence-corrected chi connectivity index (χ4v) is 6.43. The molecule has 0 saturated carbocycles. The number of fused-ring (bicyclic) bond motifs is 3. The highest BCUT2D eigenvalue weighted by molar-refractivity contribution is 6.00. The van der Waals surface area contributed by atoms with Crippen molar-refractivity contribution in [1.29, 1.82) is 0 Å². The van der Waals surface area contributed by atoms with Crippen molar-refractivity contribution >= 4 is 29.0 Å². The average Bonchev–Trinajstić information content (AvgIpc) is 3.66. The Kier molecular flexibility index (Phi) is 6.83. The molecule has 2 atom stereocenters. The maximum atomic E-state index is 13.3. The van der Waals surface area contributed by atoms with Gasteiger partial charge in [0.1, 0.15) is 17.3 Å². The molecule has 12 nitrogen and oxygen atoms in total. The summed E-state index contributed by atoms with van der Waals surface area (Å²) in [4.78, 5) is 35.9. The Balaban J connectivity index is 1.38. The normalized spacial score (nSPS) is 20.6. The topological polar surface area (TPSA) is 181 Å². The van der Waals surface area contributed by atoms with Crippen molar-refractivity contribution in [2.75, 3.05) is 11.5 Å². The number of rotatable bonds is 5. The minimum absolute atomic E-state index is 0.0354. The number of amides is 1. The zero-order valence-electron chi connectivity index (χ0n) is 23.3. The number of alkyl halides is 6. The highest BCUT2D eigenvalue weighted by Crippen LogP contribution is 2.50. The average molecular weight is 638 g/mol. The van der Waals surface area contributed by atoms with Crippen LogP contribution in [0.5, 0.6) is 0 Å². The highest BCUT2D eigenvalue weighted by atomic mass is 19.4. The number of nitrogens with zero attached hydrogens (tertiary/aromatic N) is 6. The van der Waals surface area contributed by atoms with Crippen LogP contribution in [-0.4, -0.2) is 75.9 Å². The van der Waals surface area contributed by atoms with Crippen LogP contribution in [0.3, 0.4) is 0 Å². The van der Waals surface area contributed by atoms with Crippen molar-refractivity contribution in [2.24, 2.45) is 0 Å². The van der Waals surface area contributed by atoms with Gasteiger partial charge in [-0.15, -0.1) is 0 Å². The second kappa shape index (κ2) is 10.1. The minimum atomic E-state index is -6.09. The first-order chi connectivity index (χ1) is 21.0. The number of anilines is 2. The number of carbonyl (C=O) groups excluding carboxylic acids is 2. The molecule has 0 unspecified atom stereocenters. The number of ketones is 1. The monoisotopic (exact) mass is 637 g/mol. The van der Waals surface area contributed by atoms with Crippen LogP contribution < -0.4 is 11.5 Å². The molecule has 2 bridgehead atoms. The number of halogens is 6. The molecule has 0 aliphatic carbocycles. The lowest BCUT2D eigenvalue weighted by molar-refractivity contribution is -0.377. The van der Waals surface area contributed by atoms with E-state index in [9.17, 15) is 41.0 Å². The summed E-state index contributed by atoms with van der Waals surface area (Å²) in [6, 6.07) is 2.42. The second-order valence-corrected chi connectivity index (χ2v) is 11.2. The molecule has 0 spiro atoms. The van der Waals surface area contributed by atoms with Gasteiger partial charge in [-0.25, -0.2) is 4.98 Å². The van der Waals surface area contributed by atoms with Gasteiger partial charge in [0.05, 0.1) is 23.1 Å². The largest absolute Gasteiger partial charge is 0.432 e. The van der Waals surface area contributed by atoms with E-state index in [2.05, 4.69) is 20.3 Å². The first-order valence-corrected chi connectivity index (χ1v) is 13.7. The van der Waals surface area contributed by atoms with Gasteiger partial charge in [-0.3, -0.25) is 19.7 Å². The van der Waals surface area contributed by atoms with E-state index in [1.54, 1.807) is 4.90 Å². The Labute approximate surface area is 249 Å². The van der Waals surface area contributed by atoms with Gasteiger partial charge in [0, 0.05) is 41.4 Å². The van der Waals surface area contributed by atoms with Crippen LogP contribution in [0.2, 0.25) is 0 Å². The van der Waals surface area contributed by atoms with Crippen molar-refractivity contribution in [3.63, 3.8) is 0 Å². The molecule has 2 aliphatic rings.